The monoisotopic (exact) mass is 654 g/mol. The number of carbonyl (C=O) groups excluding carboxylic acids is 2. The van der Waals surface area contributed by atoms with E-state index in [1.165, 1.54) is 48.0 Å². The predicted molar refractivity (Wildman–Crippen MR) is 193 cm³/mol. The van der Waals surface area contributed by atoms with Gasteiger partial charge in [0.05, 0.1) is 12.2 Å². The molecule has 4 heteroatoms. The first-order chi connectivity index (χ1) is 22.6. The van der Waals surface area contributed by atoms with Crippen molar-refractivity contribution in [1.82, 2.24) is 0 Å². The van der Waals surface area contributed by atoms with E-state index in [0.717, 1.165) is 38.5 Å². The van der Waals surface area contributed by atoms with E-state index in [9.17, 15) is 19.8 Å². The maximum Gasteiger partial charge on any atom is 0.156 e. The van der Waals surface area contributed by atoms with Crippen LogP contribution in [0.3, 0.4) is 0 Å². The Bertz CT molecular complexity index is 1500. The Kier molecular flexibility index (Phi) is 8.43. The Balaban J connectivity index is 0.000000152. The van der Waals surface area contributed by atoms with Crippen LogP contribution in [-0.4, -0.2) is 34.0 Å². The van der Waals surface area contributed by atoms with Crippen molar-refractivity contribution < 1.29 is 19.8 Å². The highest BCUT2D eigenvalue weighted by Gasteiger charge is 2.63. The van der Waals surface area contributed by atoms with E-state index in [1.54, 1.807) is 0 Å². The molecule has 0 aliphatic heterocycles. The molecular formula is C44H62O4. The van der Waals surface area contributed by atoms with E-state index in [4.69, 9.17) is 0 Å². The van der Waals surface area contributed by atoms with Gasteiger partial charge in [0.15, 0.2) is 11.6 Å². The fourth-order valence-corrected chi connectivity index (χ4v) is 14.1. The SMILES string of the molecule is C=C(C)C1CC[C@H]2[C@@H]3C=CC4=CC(=O)CC[C@]4(C)[C@H]3C[C@@H](O)[C@]12C.C=C(C)C1CC[C@H]2[C@@H]3CCC4=CC(=O)CC[C@]4(C)[C@H]3C[C@@H](O)[C@]12C. The molecule has 2 unspecified atom stereocenters. The van der Waals surface area contributed by atoms with Crippen LogP contribution < -0.4 is 0 Å². The highest BCUT2D eigenvalue weighted by Crippen LogP contribution is 2.68. The number of allylic oxidation sites excluding steroid dienone is 7. The highest BCUT2D eigenvalue weighted by atomic mass is 16.3. The lowest BCUT2D eigenvalue weighted by molar-refractivity contribution is -0.131. The molecule has 0 radical (unpaired) electrons. The van der Waals surface area contributed by atoms with Gasteiger partial charge in [-0.1, -0.05) is 69.7 Å². The van der Waals surface area contributed by atoms with Crippen LogP contribution in [-0.2, 0) is 9.59 Å². The van der Waals surface area contributed by atoms with Crippen molar-refractivity contribution >= 4 is 11.6 Å². The lowest BCUT2D eigenvalue weighted by atomic mass is 9.46. The van der Waals surface area contributed by atoms with Gasteiger partial charge in [0.25, 0.3) is 0 Å². The van der Waals surface area contributed by atoms with Gasteiger partial charge in [0.1, 0.15) is 0 Å². The van der Waals surface area contributed by atoms with Gasteiger partial charge in [-0.3, -0.25) is 9.59 Å². The number of aliphatic hydroxyl groups is 2. The summed E-state index contributed by atoms with van der Waals surface area (Å²) in [5.41, 5.74) is 5.22. The molecule has 8 rings (SSSR count). The number of fused-ring (bicyclic) bond motifs is 10. The smallest absolute Gasteiger partial charge is 0.156 e. The Morgan fingerprint density at radius 1 is 0.688 bits per heavy atom. The second-order valence-corrected chi connectivity index (χ2v) is 18.8. The Morgan fingerprint density at radius 2 is 1.23 bits per heavy atom. The normalized spacial score (nSPS) is 50.2. The fourth-order valence-electron chi connectivity index (χ4n) is 14.1. The van der Waals surface area contributed by atoms with E-state index in [1.807, 2.05) is 12.2 Å². The van der Waals surface area contributed by atoms with Gasteiger partial charge >= 0.3 is 0 Å². The van der Waals surface area contributed by atoms with Crippen LogP contribution in [0.2, 0.25) is 0 Å². The maximum atomic E-state index is 11.9. The summed E-state index contributed by atoms with van der Waals surface area (Å²) in [6, 6.07) is 0. The van der Waals surface area contributed by atoms with E-state index in [-0.39, 0.29) is 39.7 Å². The Hall–Kier alpha value is -2.04. The highest BCUT2D eigenvalue weighted by molar-refractivity contribution is 5.92. The summed E-state index contributed by atoms with van der Waals surface area (Å²) in [7, 11) is 0. The molecule has 0 aromatic heterocycles. The van der Waals surface area contributed by atoms with Crippen molar-refractivity contribution in [3.8, 4) is 0 Å². The molecule has 5 fully saturated rings. The average molecular weight is 655 g/mol. The zero-order chi connectivity index (χ0) is 34.6. The molecule has 0 saturated heterocycles. The zero-order valence-electron chi connectivity index (χ0n) is 30.7. The second-order valence-electron chi connectivity index (χ2n) is 18.8. The largest absolute Gasteiger partial charge is 0.393 e. The first-order valence-corrected chi connectivity index (χ1v) is 19.4. The number of hydrogen-bond donors (Lipinski definition) is 2. The minimum Gasteiger partial charge on any atom is -0.393 e. The van der Waals surface area contributed by atoms with Crippen molar-refractivity contribution in [2.24, 2.45) is 69.0 Å². The molecule has 0 aromatic rings. The topological polar surface area (TPSA) is 74.6 Å². The van der Waals surface area contributed by atoms with Crippen molar-refractivity contribution in [3.63, 3.8) is 0 Å². The third-order valence-corrected chi connectivity index (χ3v) is 16.9. The number of ketones is 2. The quantitative estimate of drug-likeness (QED) is 0.291. The van der Waals surface area contributed by atoms with Gasteiger partial charge < -0.3 is 10.2 Å². The molecule has 262 valence electrons. The van der Waals surface area contributed by atoms with Crippen molar-refractivity contribution in [1.29, 1.82) is 0 Å². The Morgan fingerprint density at radius 3 is 1.85 bits per heavy atom. The van der Waals surface area contributed by atoms with Gasteiger partial charge in [-0.05, 0) is 154 Å². The van der Waals surface area contributed by atoms with Gasteiger partial charge in [-0.25, -0.2) is 0 Å². The first kappa shape index (κ1) is 34.4. The number of carbonyl (C=O) groups is 2. The molecule has 4 nitrogen and oxygen atoms in total. The number of rotatable bonds is 2. The van der Waals surface area contributed by atoms with E-state index in [2.05, 4.69) is 66.9 Å². The predicted octanol–water partition coefficient (Wildman–Crippen LogP) is 9.14. The Labute approximate surface area is 290 Å². The van der Waals surface area contributed by atoms with Crippen LogP contribution in [0.1, 0.15) is 119 Å². The molecule has 0 heterocycles. The molecule has 14 atom stereocenters. The summed E-state index contributed by atoms with van der Waals surface area (Å²) < 4.78 is 0. The molecular weight excluding hydrogens is 592 g/mol. The van der Waals surface area contributed by atoms with Crippen LogP contribution in [0.25, 0.3) is 0 Å². The van der Waals surface area contributed by atoms with Gasteiger partial charge in [-0.2, -0.15) is 0 Å². The zero-order valence-corrected chi connectivity index (χ0v) is 30.7. The summed E-state index contributed by atoms with van der Waals surface area (Å²) in [5.74, 6) is 4.85. The average Bonchev–Trinajstić information content (AvgIpc) is 3.59. The van der Waals surface area contributed by atoms with Gasteiger partial charge in [-0.15, -0.1) is 0 Å². The van der Waals surface area contributed by atoms with Crippen LogP contribution in [0.15, 0.2) is 59.8 Å². The summed E-state index contributed by atoms with van der Waals surface area (Å²) in [4.78, 5) is 23.8. The van der Waals surface area contributed by atoms with Gasteiger partial charge in [0.2, 0.25) is 0 Å². The molecule has 2 N–H and O–H groups in total. The van der Waals surface area contributed by atoms with Crippen molar-refractivity contribution in [2.45, 2.75) is 131 Å². The maximum absolute atomic E-state index is 11.9. The van der Waals surface area contributed by atoms with Gasteiger partial charge in [0, 0.05) is 23.7 Å². The third-order valence-electron chi connectivity index (χ3n) is 16.9. The standard InChI is InChI=1S/C22H32O2.C22H30O2/c2*1-13(2)17-7-8-18-16-6-5-14-11-15(23)9-10-21(14,3)19(16)12-20(24)22(17,18)4/h11,16-20,24H,1,5-10,12H2,2-4H3;5-6,11,16-20,24H,1,7-10,12H2,2-4H3/t2*16-,17?,18-,19-,20+,21-,22+/m00/s1. The molecule has 8 aliphatic carbocycles. The lowest BCUT2D eigenvalue weighted by Crippen LogP contribution is -2.56. The molecule has 8 aliphatic rings. The molecule has 0 aromatic carbocycles. The van der Waals surface area contributed by atoms with Crippen LogP contribution >= 0.6 is 0 Å². The number of hydrogen-bond acceptors (Lipinski definition) is 4. The molecule has 48 heavy (non-hydrogen) atoms. The van der Waals surface area contributed by atoms with E-state index >= 15 is 0 Å². The number of aliphatic hydroxyl groups excluding tert-OH is 2. The van der Waals surface area contributed by atoms with Crippen molar-refractivity contribution in [2.75, 3.05) is 0 Å². The minimum absolute atomic E-state index is 0.00899. The van der Waals surface area contributed by atoms with Crippen molar-refractivity contribution in [3.05, 3.63) is 59.8 Å². The third kappa shape index (κ3) is 4.80. The van der Waals surface area contributed by atoms with Crippen LogP contribution in [0.4, 0.5) is 0 Å². The minimum atomic E-state index is -0.268. The molecule has 0 amide bonds. The first-order valence-electron chi connectivity index (χ1n) is 19.4. The van der Waals surface area contributed by atoms with Crippen LogP contribution in [0.5, 0.6) is 0 Å². The molecule has 0 bridgehead atoms. The van der Waals surface area contributed by atoms with Crippen LogP contribution in [0, 0.1) is 69.0 Å². The molecule has 0 spiro atoms. The fraction of sp³-hybridized carbons (Fsp3) is 0.727. The summed E-state index contributed by atoms with van der Waals surface area (Å²) in [6.07, 6.45) is 20.0. The summed E-state index contributed by atoms with van der Waals surface area (Å²) in [6.45, 7) is 22.1. The lowest BCUT2D eigenvalue weighted by Gasteiger charge is -2.59. The van der Waals surface area contributed by atoms with E-state index < -0.39 is 0 Å². The summed E-state index contributed by atoms with van der Waals surface area (Å²) >= 11 is 0. The van der Waals surface area contributed by atoms with E-state index in [0.29, 0.717) is 66.0 Å². The summed E-state index contributed by atoms with van der Waals surface area (Å²) in [5, 5.41) is 22.4. The molecule has 5 saturated carbocycles. The second kappa shape index (κ2) is 11.8.